The van der Waals surface area contributed by atoms with Crippen LogP contribution in [0.2, 0.25) is 0 Å². The molecular formula is C22H25BrN2O3. The first-order valence-electron chi connectivity index (χ1n) is 9.30. The second-order valence-electron chi connectivity index (χ2n) is 6.69. The molecule has 0 atom stereocenters. The molecule has 0 spiro atoms. The smallest absolute Gasteiger partial charge is 0.244 e. The third-order valence-electron chi connectivity index (χ3n) is 4.88. The zero-order chi connectivity index (χ0) is 19.9. The zero-order valence-corrected chi connectivity index (χ0v) is 17.7. The number of nitrogens with one attached hydrogen (secondary N) is 1. The second-order valence-corrected chi connectivity index (χ2v) is 7.60. The number of hydrogen-bond donors (Lipinski definition) is 1. The van der Waals surface area contributed by atoms with E-state index in [9.17, 15) is 4.79 Å². The van der Waals surface area contributed by atoms with Crippen molar-refractivity contribution >= 4 is 33.6 Å². The van der Waals surface area contributed by atoms with E-state index in [1.807, 2.05) is 30.3 Å². The minimum absolute atomic E-state index is 0.0788. The summed E-state index contributed by atoms with van der Waals surface area (Å²) in [5.74, 6) is 1.52. The molecule has 1 amide bonds. The molecule has 0 saturated carbocycles. The molecule has 28 heavy (non-hydrogen) atoms. The molecule has 1 heterocycles. The Morgan fingerprint density at radius 1 is 1.11 bits per heavy atom. The highest BCUT2D eigenvalue weighted by Gasteiger charge is 2.20. The van der Waals surface area contributed by atoms with Crippen LogP contribution in [0.25, 0.3) is 6.08 Å². The van der Waals surface area contributed by atoms with E-state index in [1.54, 1.807) is 26.4 Å². The van der Waals surface area contributed by atoms with Crippen molar-refractivity contribution in [2.75, 3.05) is 32.2 Å². The number of halogens is 1. The molecular weight excluding hydrogens is 420 g/mol. The van der Waals surface area contributed by atoms with E-state index in [2.05, 4.69) is 38.3 Å². The van der Waals surface area contributed by atoms with Crippen LogP contribution in [0, 0.1) is 0 Å². The van der Waals surface area contributed by atoms with Gasteiger partial charge in [0.1, 0.15) is 11.5 Å². The number of amides is 1. The number of anilines is 1. The van der Waals surface area contributed by atoms with Crippen molar-refractivity contribution in [3.05, 3.63) is 58.6 Å². The molecule has 0 bridgehead atoms. The fourth-order valence-electron chi connectivity index (χ4n) is 3.33. The van der Waals surface area contributed by atoms with E-state index >= 15 is 0 Å². The summed E-state index contributed by atoms with van der Waals surface area (Å²) >= 11 is 3.44. The molecule has 1 fully saturated rings. The van der Waals surface area contributed by atoms with Crippen LogP contribution in [0.5, 0.6) is 11.5 Å². The van der Waals surface area contributed by atoms with Crippen molar-refractivity contribution in [3.63, 3.8) is 0 Å². The highest BCUT2D eigenvalue weighted by Crippen LogP contribution is 2.25. The predicted molar refractivity (Wildman–Crippen MR) is 116 cm³/mol. The van der Waals surface area contributed by atoms with Crippen molar-refractivity contribution in [1.82, 2.24) is 5.32 Å². The molecule has 148 valence electrons. The van der Waals surface area contributed by atoms with Gasteiger partial charge < -0.3 is 19.7 Å². The van der Waals surface area contributed by atoms with Crippen molar-refractivity contribution in [1.29, 1.82) is 0 Å². The summed E-state index contributed by atoms with van der Waals surface area (Å²) in [6.45, 7) is 1.83. The highest BCUT2D eigenvalue weighted by atomic mass is 79.9. The van der Waals surface area contributed by atoms with Crippen molar-refractivity contribution in [2.24, 2.45) is 0 Å². The molecule has 2 aromatic carbocycles. The van der Waals surface area contributed by atoms with Crippen LogP contribution >= 0.6 is 15.9 Å². The highest BCUT2D eigenvalue weighted by molar-refractivity contribution is 9.10. The molecule has 3 rings (SSSR count). The molecule has 2 aromatic rings. The minimum Gasteiger partial charge on any atom is -0.497 e. The van der Waals surface area contributed by atoms with Gasteiger partial charge >= 0.3 is 0 Å². The van der Waals surface area contributed by atoms with Crippen LogP contribution in [0.1, 0.15) is 18.4 Å². The molecule has 1 saturated heterocycles. The first-order valence-corrected chi connectivity index (χ1v) is 10.1. The average Bonchev–Trinajstić information content (AvgIpc) is 2.73. The van der Waals surface area contributed by atoms with Crippen LogP contribution in [0.3, 0.4) is 0 Å². The number of ether oxygens (including phenoxy) is 2. The lowest BCUT2D eigenvalue weighted by Crippen LogP contribution is -2.44. The Labute approximate surface area is 174 Å². The molecule has 6 heteroatoms. The Balaban J connectivity index is 1.51. The van der Waals surface area contributed by atoms with Crippen LogP contribution < -0.4 is 19.7 Å². The Hall–Kier alpha value is -2.47. The van der Waals surface area contributed by atoms with Gasteiger partial charge in [0, 0.05) is 40.9 Å². The first-order chi connectivity index (χ1) is 13.6. The molecule has 0 aliphatic carbocycles. The first kappa shape index (κ1) is 20.3. The number of methoxy groups -OCH3 is 2. The monoisotopic (exact) mass is 444 g/mol. The van der Waals surface area contributed by atoms with Gasteiger partial charge in [0.25, 0.3) is 0 Å². The number of rotatable bonds is 6. The molecule has 5 nitrogen and oxygen atoms in total. The zero-order valence-electron chi connectivity index (χ0n) is 16.2. The summed E-state index contributed by atoms with van der Waals surface area (Å²) < 4.78 is 11.5. The van der Waals surface area contributed by atoms with Crippen LogP contribution in [-0.2, 0) is 4.79 Å². The maximum atomic E-state index is 12.3. The van der Waals surface area contributed by atoms with Gasteiger partial charge in [-0.05, 0) is 61.4 Å². The quantitative estimate of drug-likeness (QED) is 0.676. The van der Waals surface area contributed by atoms with Crippen LogP contribution in [0.4, 0.5) is 5.69 Å². The number of benzene rings is 2. The topological polar surface area (TPSA) is 50.8 Å². The summed E-state index contributed by atoms with van der Waals surface area (Å²) in [6, 6.07) is 14.0. The van der Waals surface area contributed by atoms with Gasteiger partial charge in [0.15, 0.2) is 0 Å². The van der Waals surface area contributed by atoms with Crippen molar-refractivity contribution in [3.8, 4) is 11.5 Å². The van der Waals surface area contributed by atoms with Crippen LogP contribution in [-0.4, -0.2) is 39.3 Å². The largest absolute Gasteiger partial charge is 0.497 e. The number of carbonyl (C=O) groups excluding carboxylic acids is 1. The second kappa shape index (κ2) is 9.64. The van der Waals surface area contributed by atoms with E-state index in [0.717, 1.165) is 47.5 Å². The summed E-state index contributed by atoms with van der Waals surface area (Å²) in [4.78, 5) is 14.7. The number of piperidine rings is 1. The summed E-state index contributed by atoms with van der Waals surface area (Å²) in [5, 5.41) is 3.11. The van der Waals surface area contributed by atoms with E-state index in [-0.39, 0.29) is 11.9 Å². The van der Waals surface area contributed by atoms with Gasteiger partial charge in [-0.3, -0.25) is 4.79 Å². The Kier molecular flexibility index (Phi) is 6.98. The SMILES string of the molecule is COc1ccc(N2CCC(NC(=O)/C=C/c3cc(Br)ccc3OC)CC2)cc1. The van der Waals surface area contributed by atoms with Gasteiger partial charge in [-0.15, -0.1) is 0 Å². The predicted octanol–water partition coefficient (Wildman–Crippen LogP) is 4.26. The normalized spacial score (nSPS) is 14.9. The molecule has 1 N–H and O–H groups in total. The summed E-state index contributed by atoms with van der Waals surface area (Å²) in [5.41, 5.74) is 2.05. The maximum Gasteiger partial charge on any atom is 0.244 e. The minimum atomic E-state index is -0.0788. The fraction of sp³-hybridized carbons (Fsp3) is 0.318. The number of carbonyl (C=O) groups is 1. The van der Waals surface area contributed by atoms with Gasteiger partial charge in [0.05, 0.1) is 14.2 Å². The van der Waals surface area contributed by atoms with Crippen molar-refractivity contribution < 1.29 is 14.3 Å². The average molecular weight is 445 g/mol. The van der Waals surface area contributed by atoms with E-state index in [1.165, 1.54) is 5.69 Å². The lowest BCUT2D eigenvalue weighted by molar-refractivity contribution is -0.117. The summed E-state index contributed by atoms with van der Waals surface area (Å²) in [7, 11) is 3.29. The summed E-state index contributed by atoms with van der Waals surface area (Å²) in [6.07, 6.45) is 5.20. The molecule has 0 aromatic heterocycles. The van der Waals surface area contributed by atoms with Gasteiger partial charge in [0.2, 0.25) is 5.91 Å². The molecule has 0 unspecified atom stereocenters. The Bertz CT molecular complexity index is 828. The van der Waals surface area contributed by atoms with E-state index in [0.29, 0.717) is 0 Å². The third kappa shape index (κ3) is 5.29. The number of nitrogens with zero attached hydrogens (tertiary/aromatic N) is 1. The van der Waals surface area contributed by atoms with Gasteiger partial charge in [-0.25, -0.2) is 0 Å². The molecule has 1 aliphatic rings. The lowest BCUT2D eigenvalue weighted by Gasteiger charge is -2.33. The Morgan fingerprint density at radius 2 is 1.82 bits per heavy atom. The number of hydrogen-bond acceptors (Lipinski definition) is 4. The maximum absolute atomic E-state index is 12.3. The molecule has 0 radical (unpaired) electrons. The van der Waals surface area contributed by atoms with E-state index < -0.39 is 0 Å². The van der Waals surface area contributed by atoms with E-state index in [4.69, 9.17) is 9.47 Å². The third-order valence-corrected chi connectivity index (χ3v) is 5.38. The van der Waals surface area contributed by atoms with Gasteiger partial charge in [-0.1, -0.05) is 15.9 Å². The van der Waals surface area contributed by atoms with Gasteiger partial charge in [-0.2, -0.15) is 0 Å². The molecule has 1 aliphatic heterocycles. The Morgan fingerprint density at radius 3 is 2.46 bits per heavy atom. The lowest BCUT2D eigenvalue weighted by atomic mass is 10.0. The fourth-order valence-corrected chi connectivity index (χ4v) is 3.70. The van der Waals surface area contributed by atoms with Crippen LogP contribution in [0.15, 0.2) is 53.0 Å². The standard InChI is InChI=1S/C22H25BrN2O3/c1-27-20-7-5-19(6-8-20)25-13-11-18(12-14-25)24-22(26)10-3-16-15-17(23)4-9-21(16)28-2/h3-10,15,18H,11-14H2,1-2H3,(H,24,26)/b10-3+. The van der Waals surface area contributed by atoms with Crippen molar-refractivity contribution in [2.45, 2.75) is 18.9 Å².